The van der Waals surface area contributed by atoms with Gasteiger partial charge in [-0.05, 0) is 0 Å². The van der Waals surface area contributed by atoms with Crippen molar-refractivity contribution < 1.29 is 18.9 Å². The van der Waals surface area contributed by atoms with Crippen LogP contribution in [0.2, 0.25) is 0 Å². The smallest absolute Gasteiger partial charge is 0.216 e. The topological polar surface area (TPSA) is 40.2 Å². The number of hydrogen-bond acceptors (Lipinski definition) is 4. The Balaban J connectivity index is 2.55. The van der Waals surface area contributed by atoms with Crippen molar-refractivity contribution in [3.8, 4) is 28.7 Å². The number of ether oxygens (including phenoxy) is 4. The molecule has 1 heterocycles. The van der Waals surface area contributed by atoms with Crippen molar-refractivity contribution in [1.29, 1.82) is 0 Å². The molecule has 0 amide bonds. The number of methoxy groups -OCH3 is 3. The van der Waals surface area contributed by atoms with E-state index >= 15 is 0 Å². The van der Waals surface area contributed by atoms with Crippen LogP contribution in [0.25, 0.3) is 0 Å². The molecular formula is C9H10O4. The molecule has 0 saturated heterocycles. The number of fused-ring (bicyclic) bond motifs is 1. The first-order chi connectivity index (χ1) is 6.31. The molecule has 1 aromatic carbocycles. The van der Waals surface area contributed by atoms with Crippen molar-refractivity contribution in [3.05, 3.63) is 6.07 Å². The number of hydrogen-bond donors (Lipinski definition) is 0. The van der Waals surface area contributed by atoms with Gasteiger partial charge in [-0.25, -0.2) is 0 Å². The molecule has 4 nitrogen and oxygen atoms in total. The molecule has 1 aromatic rings. The van der Waals surface area contributed by atoms with E-state index in [1.807, 2.05) is 0 Å². The van der Waals surface area contributed by atoms with Crippen molar-refractivity contribution in [1.82, 2.24) is 0 Å². The van der Waals surface area contributed by atoms with Gasteiger partial charge >= 0.3 is 0 Å². The average Bonchev–Trinajstić information content (AvgIpc) is 2.92. The molecule has 1 aliphatic rings. The van der Waals surface area contributed by atoms with Gasteiger partial charge in [0.1, 0.15) is 0 Å². The van der Waals surface area contributed by atoms with E-state index in [-0.39, 0.29) is 0 Å². The van der Waals surface area contributed by atoms with Gasteiger partial charge in [0.2, 0.25) is 17.2 Å². The average molecular weight is 182 g/mol. The standard InChI is InChI=1S/C9H10O4/c1-10-5-4-6-8(13-6)9(12-3)7(5)11-2/h4H,1-3H3. The highest BCUT2D eigenvalue weighted by atomic mass is 16.6. The highest BCUT2D eigenvalue weighted by molar-refractivity contribution is 5.73. The Kier molecular flexibility index (Phi) is 1.69. The molecule has 2 rings (SSSR count). The second-order valence-electron chi connectivity index (χ2n) is 2.57. The van der Waals surface area contributed by atoms with E-state index < -0.39 is 0 Å². The molecule has 0 saturated carbocycles. The molecule has 0 aromatic heterocycles. The van der Waals surface area contributed by atoms with Gasteiger partial charge < -0.3 is 18.9 Å². The minimum Gasteiger partial charge on any atom is -0.493 e. The molecule has 0 N–H and O–H groups in total. The first-order valence-corrected chi connectivity index (χ1v) is 3.82. The fraction of sp³-hybridized carbons (Fsp3) is 0.333. The third-order valence-electron chi connectivity index (χ3n) is 1.92. The molecular weight excluding hydrogens is 172 g/mol. The van der Waals surface area contributed by atoms with E-state index in [4.69, 9.17) is 18.9 Å². The molecule has 0 unspecified atom stereocenters. The van der Waals surface area contributed by atoms with Gasteiger partial charge in [-0.1, -0.05) is 0 Å². The van der Waals surface area contributed by atoms with E-state index in [1.54, 1.807) is 27.4 Å². The predicted molar refractivity (Wildman–Crippen MR) is 46.2 cm³/mol. The van der Waals surface area contributed by atoms with Crippen molar-refractivity contribution in [2.75, 3.05) is 21.3 Å². The summed E-state index contributed by atoms with van der Waals surface area (Å²) in [6.07, 6.45) is 0. The van der Waals surface area contributed by atoms with E-state index in [9.17, 15) is 0 Å². The Morgan fingerprint density at radius 3 is 2.23 bits per heavy atom. The lowest BCUT2D eigenvalue weighted by atomic mass is 10.3. The number of rotatable bonds is 3. The predicted octanol–water partition coefficient (Wildman–Crippen LogP) is 1.82. The van der Waals surface area contributed by atoms with Crippen LogP contribution in [0, 0.1) is 0 Å². The van der Waals surface area contributed by atoms with Gasteiger partial charge in [0.05, 0.1) is 21.3 Å². The Morgan fingerprint density at radius 1 is 1.00 bits per heavy atom. The summed E-state index contributed by atoms with van der Waals surface area (Å²) in [6, 6.07) is 1.77. The van der Waals surface area contributed by atoms with Crippen molar-refractivity contribution in [3.63, 3.8) is 0 Å². The molecule has 4 heteroatoms. The fourth-order valence-corrected chi connectivity index (χ4v) is 1.27. The summed E-state index contributed by atoms with van der Waals surface area (Å²) in [5, 5.41) is 0. The van der Waals surface area contributed by atoms with Crippen molar-refractivity contribution in [2.45, 2.75) is 0 Å². The molecule has 1 aliphatic heterocycles. The van der Waals surface area contributed by atoms with E-state index in [1.165, 1.54) is 0 Å². The van der Waals surface area contributed by atoms with Crippen LogP contribution in [0.15, 0.2) is 6.07 Å². The molecule has 13 heavy (non-hydrogen) atoms. The van der Waals surface area contributed by atoms with Gasteiger partial charge in [0.25, 0.3) is 0 Å². The summed E-state index contributed by atoms with van der Waals surface area (Å²) >= 11 is 0. The molecule has 0 radical (unpaired) electrons. The largest absolute Gasteiger partial charge is 0.493 e. The summed E-state index contributed by atoms with van der Waals surface area (Å²) in [5.74, 6) is 3.31. The SMILES string of the molecule is COc1cc2c(c(OC)c1OC)O2. The van der Waals surface area contributed by atoms with Crippen LogP contribution in [0.5, 0.6) is 28.7 Å². The monoisotopic (exact) mass is 182 g/mol. The lowest BCUT2D eigenvalue weighted by Gasteiger charge is -2.08. The Bertz CT molecular complexity index is 346. The van der Waals surface area contributed by atoms with Crippen LogP contribution >= 0.6 is 0 Å². The Labute approximate surface area is 76.0 Å². The van der Waals surface area contributed by atoms with Crippen LogP contribution < -0.4 is 18.9 Å². The second-order valence-corrected chi connectivity index (χ2v) is 2.57. The quantitative estimate of drug-likeness (QED) is 0.679. The second kappa shape index (κ2) is 2.73. The summed E-state index contributed by atoms with van der Waals surface area (Å²) in [7, 11) is 4.71. The maximum atomic E-state index is 5.16. The van der Waals surface area contributed by atoms with Crippen molar-refractivity contribution in [2.24, 2.45) is 0 Å². The minimum absolute atomic E-state index is 0.571. The zero-order valence-electron chi connectivity index (χ0n) is 7.71. The fourth-order valence-electron chi connectivity index (χ4n) is 1.27. The molecule has 0 fully saturated rings. The highest BCUT2D eigenvalue weighted by Crippen LogP contribution is 2.60. The summed E-state index contributed by atoms with van der Waals surface area (Å²) < 4.78 is 20.5. The molecule has 0 aliphatic carbocycles. The first kappa shape index (κ1) is 8.04. The highest BCUT2D eigenvalue weighted by Gasteiger charge is 2.32. The summed E-state index contributed by atoms with van der Waals surface area (Å²) in [4.78, 5) is 0. The van der Waals surface area contributed by atoms with Gasteiger partial charge in [0, 0.05) is 6.07 Å². The molecule has 0 atom stereocenters. The lowest BCUT2D eigenvalue weighted by Crippen LogP contribution is -1.92. The van der Waals surface area contributed by atoms with Crippen LogP contribution in [0.4, 0.5) is 0 Å². The van der Waals surface area contributed by atoms with Crippen LogP contribution in [-0.2, 0) is 0 Å². The third kappa shape index (κ3) is 1.06. The van der Waals surface area contributed by atoms with Gasteiger partial charge in [-0.2, -0.15) is 0 Å². The Morgan fingerprint density at radius 2 is 1.69 bits per heavy atom. The zero-order valence-corrected chi connectivity index (χ0v) is 7.71. The van der Waals surface area contributed by atoms with Crippen LogP contribution in [0.1, 0.15) is 0 Å². The van der Waals surface area contributed by atoms with Crippen molar-refractivity contribution >= 4 is 0 Å². The van der Waals surface area contributed by atoms with Gasteiger partial charge in [-0.3, -0.25) is 0 Å². The van der Waals surface area contributed by atoms with E-state index in [2.05, 4.69) is 0 Å². The number of benzene rings is 1. The van der Waals surface area contributed by atoms with Gasteiger partial charge in [-0.15, -0.1) is 0 Å². The van der Waals surface area contributed by atoms with E-state index in [0.717, 1.165) is 11.5 Å². The summed E-state index contributed by atoms with van der Waals surface area (Å²) in [5.41, 5.74) is 0. The molecule has 0 bridgehead atoms. The first-order valence-electron chi connectivity index (χ1n) is 3.82. The maximum Gasteiger partial charge on any atom is 0.216 e. The maximum absolute atomic E-state index is 5.16. The molecule has 0 spiro atoms. The molecule has 70 valence electrons. The zero-order chi connectivity index (χ0) is 9.42. The van der Waals surface area contributed by atoms with Crippen LogP contribution in [-0.4, -0.2) is 21.3 Å². The normalized spacial score (nSPS) is 11.3. The summed E-state index contributed by atoms with van der Waals surface area (Å²) in [6.45, 7) is 0. The third-order valence-corrected chi connectivity index (χ3v) is 1.92. The lowest BCUT2D eigenvalue weighted by molar-refractivity contribution is 0.324. The Hall–Kier alpha value is -1.58. The van der Waals surface area contributed by atoms with Crippen LogP contribution in [0.3, 0.4) is 0 Å². The minimum atomic E-state index is 0.571. The van der Waals surface area contributed by atoms with E-state index in [0.29, 0.717) is 17.2 Å². The van der Waals surface area contributed by atoms with Gasteiger partial charge in [0.15, 0.2) is 11.5 Å².